The quantitative estimate of drug-likeness (QED) is 0.742. The zero-order chi connectivity index (χ0) is 20.0. The van der Waals surface area contributed by atoms with Crippen LogP contribution in [0.25, 0.3) is 0 Å². The highest BCUT2D eigenvalue weighted by Gasteiger charge is 2.33. The van der Waals surface area contributed by atoms with Gasteiger partial charge in [-0.3, -0.25) is 4.79 Å². The van der Waals surface area contributed by atoms with Crippen molar-refractivity contribution in [3.8, 4) is 5.75 Å². The first-order valence-electron chi connectivity index (χ1n) is 8.19. The van der Waals surface area contributed by atoms with Crippen molar-refractivity contribution in [2.75, 3.05) is 44.9 Å². The second kappa shape index (κ2) is 9.04. The lowest BCUT2D eigenvalue weighted by Gasteiger charge is -2.32. The first-order chi connectivity index (χ1) is 13.0. The SMILES string of the molecule is CCC(=O)Nc1ccc(OC)cc1N1COCC(C(=O)OC)=C1C(=O)OC. The summed E-state index contributed by atoms with van der Waals surface area (Å²) in [6, 6.07) is 4.93. The summed E-state index contributed by atoms with van der Waals surface area (Å²) in [5, 5.41) is 2.76. The molecule has 1 aliphatic rings. The van der Waals surface area contributed by atoms with Crippen molar-refractivity contribution in [3.63, 3.8) is 0 Å². The van der Waals surface area contributed by atoms with Crippen LogP contribution in [-0.2, 0) is 28.6 Å². The molecule has 9 nitrogen and oxygen atoms in total. The fourth-order valence-electron chi connectivity index (χ4n) is 2.54. The average molecular weight is 378 g/mol. The smallest absolute Gasteiger partial charge is 0.355 e. The Morgan fingerprint density at radius 1 is 1.15 bits per heavy atom. The van der Waals surface area contributed by atoms with Gasteiger partial charge in [0.25, 0.3) is 0 Å². The highest BCUT2D eigenvalue weighted by molar-refractivity contribution is 6.05. The Kier molecular flexibility index (Phi) is 6.78. The summed E-state index contributed by atoms with van der Waals surface area (Å²) in [5.74, 6) is -1.15. The number of carbonyl (C=O) groups is 3. The van der Waals surface area contributed by atoms with Gasteiger partial charge in [-0.1, -0.05) is 6.92 Å². The number of hydrogen-bond donors (Lipinski definition) is 1. The molecule has 0 fully saturated rings. The number of nitrogens with zero attached hydrogens (tertiary/aromatic N) is 1. The van der Waals surface area contributed by atoms with Crippen LogP contribution in [0.3, 0.4) is 0 Å². The van der Waals surface area contributed by atoms with Crippen LogP contribution in [0.5, 0.6) is 5.75 Å². The topological polar surface area (TPSA) is 103 Å². The van der Waals surface area contributed by atoms with E-state index in [0.29, 0.717) is 17.1 Å². The number of carbonyl (C=O) groups excluding carboxylic acids is 3. The Morgan fingerprint density at radius 3 is 2.44 bits per heavy atom. The van der Waals surface area contributed by atoms with Gasteiger partial charge in [0.15, 0.2) is 0 Å². The summed E-state index contributed by atoms with van der Waals surface area (Å²) in [5.41, 5.74) is 0.846. The van der Waals surface area contributed by atoms with E-state index in [0.717, 1.165) is 0 Å². The molecular weight excluding hydrogens is 356 g/mol. The van der Waals surface area contributed by atoms with Crippen LogP contribution in [0.4, 0.5) is 11.4 Å². The molecule has 1 aromatic rings. The van der Waals surface area contributed by atoms with Crippen molar-refractivity contribution >= 4 is 29.2 Å². The van der Waals surface area contributed by atoms with Crippen LogP contribution in [0, 0.1) is 0 Å². The van der Waals surface area contributed by atoms with Crippen LogP contribution in [0.15, 0.2) is 29.5 Å². The number of rotatable bonds is 6. The van der Waals surface area contributed by atoms with Gasteiger partial charge in [0.05, 0.1) is 44.9 Å². The zero-order valence-corrected chi connectivity index (χ0v) is 15.7. The molecule has 1 heterocycles. The van der Waals surface area contributed by atoms with Gasteiger partial charge in [-0.05, 0) is 12.1 Å². The highest BCUT2D eigenvalue weighted by atomic mass is 16.5. The van der Waals surface area contributed by atoms with Gasteiger partial charge in [0, 0.05) is 12.5 Å². The molecule has 0 saturated heterocycles. The van der Waals surface area contributed by atoms with E-state index in [4.69, 9.17) is 18.9 Å². The minimum atomic E-state index is -0.728. The third kappa shape index (κ3) is 4.37. The predicted molar refractivity (Wildman–Crippen MR) is 96.3 cm³/mol. The number of benzene rings is 1. The van der Waals surface area contributed by atoms with E-state index in [9.17, 15) is 14.4 Å². The van der Waals surface area contributed by atoms with Crippen molar-refractivity contribution in [3.05, 3.63) is 29.5 Å². The van der Waals surface area contributed by atoms with E-state index in [-0.39, 0.29) is 36.9 Å². The summed E-state index contributed by atoms with van der Waals surface area (Å²) in [4.78, 5) is 37.9. The summed E-state index contributed by atoms with van der Waals surface area (Å²) in [6.45, 7) is 1.58. The fraction of sp³-hybridized carbons (Fsp3) is 0.389. The number of ether oxygens (including phenoxy) is 4. The number of methoxy groups -OCH3 is 3. The van der Waals surface area contributed by atoms with Gasteiger partial charge in [-0.15, -0.1) is 0 Å². The molecule has 9 heteroatoms. The molecule has 1 amide bonds. The van der Waals surface area contributed by atoms with Gasteiger partial charge >= 0.3 is 11.9 Å². The van der Waals surface area contributed by atoms with Crippen molar-refractivity contribution < 1.29 is 33.3 Å². The van der Waals surface area contributed by atoms with E-state index in [1.165, 1.54) is 26.2 Å². The van der Waals surface area contributed by atoms with Crippen molar-refractivity contribution in [2.24, 2.45) is 0 Å². The molecule has 0 aromatic heterocycles. The Hall–Kier alpha value is -3.07. The number of amides is 1. The molecule has 1 N–H and O–H groups in total. The van der Waals surface area contributed by atoms with Crippen molar-refractivity contribution in [2.45, 2.75) is 13.3 Å². The van der Waals surface area contributed by atoms with E-state index < -0.39 is 11.9 Å². The molecule has 0 atom stereocenters. The molecule has 0 spiro atoms. The largest absolute Gasteiger partial charge is 0.497 e. The van der Waals surface area contributed by atoms with Crippen molar-refractivity contribution in [1.82, 2.24) is 0 Å². The summed E-state index contributed by atoms with van der Waals surface area (Å²) < 4.78 is 20.3. The minimum absolute atomic E-state index is 0.0177. The molecule has 0 radical (unpaired) electrons. The maximum atomic E-state index is 12.4. The Balaban J connectivity index is 2.63. The minimum Gasteiger partial charge on any atom is -0.497 e. The molecule has 0 unspecified atom stereocenters. The van der Waals surface area contributed by atoms with Crippen LogP contribution in [0.2, 0.25) is 0 Å². The lowest BCUT2D eigenvalue weighted by molar-refractivity contribution is -0.140. The third-order valence-corrected chi connectivity index (χ3v) is 3.92. The van der Waals surface area contributed by atoms with E-state index >= 15 is 0 Å². The van der Waals surface area contributed by atoms with Crippen LogP contribution in [0.1, 0.15) is 13.3 Å². The second-order valence-corrected chi connectivity index (χ2v) is 5.50. The summed E-state index contributed by atoms with van der Waals surface area (Å²) >= 11 is 0. The summed E-state index contributed by atoms with van der Waals surface area (Å²) in [6.07, 6.45) is 0.273. The standard InChI is InChI=1S/C18H22N2O7/c1-5-15(21)19-13-7-6-11(24-2)8-14(13)20-10-27-9-12(17(22)25-3)16(20)18(23)26-4/h6-8H,5,9-10H2,1-4H3,(H,19,21). The normalized spacial score (nSPS) is 13.9. The monoisotopic (exact) mass is 378 g/mol. The number of hydrogen-bond acceptors (Lipinski definition) is 8. The first kappa shape index (κ1) is 20.2. The maximum absolute atomic E-state index is 12.4. The number of anilines is 2. The maximum Gasteiger partial charge on any atom is 0.355 e. The zero-order valence-electron chi connectivity index (χ0n) is 15.7. The van der Waals surface area contributed by atoms with E-state index in [2.05, 4.69) is 5.32 Å². The lowest BCUT2D eigenvalue weighted by Crippen LogP contribution is -2.39. The Bertz CT molecular complexity index is 773. The van der Waals surface area contributed by atoms with Crippen LogP contribution >= 0.6 is 0 Å². The van der Waals surface area contributed by atoms with Gasteiger partial charge in [0.2, 0.25) is 5.91 Å². The number of esters is 2. The third-order valence-electron chi connectivity index (χ3n) is 3.92. The van der Waals surface area contributed by atoms with E-state index in [1.54, 1.807) is 25.1 Å². The molecule has 0 saturated carbocycles. The molecule has 1 aliphatic heterocycles. The van der Waals surface area contributed by atoms with Gasteiger partial charge < -0.3 is 29.2 Å². The Labute approximate surface area is 156 Å². The van der Waals surface area contributed by atoms with Crippen LogP contribution in [-0.4, -0.2) is 52.5 Å². The highest BCUT2D eigenvalue weighted by Crippen LogP contribution is 2.35. The van der Waals surface area contributed by atoms with E-state index in [1.807, 2.05) is 0 Å². The van der Waals surface area contributed by atoms with Crippen molar-refractivity contribution in [1.29, 1.82) is 0 Å². The molecule has 146 valence electrons. The molecular formula is C18H22N2O7. The lowest BCUT2D eigenvalue weighted by atomic mass is 10.1. The second-order valence-electron chi connectivity index (χ2n) is 5.50. The van der Waals surface area contributed by atoms with Gasteiger partial charge in [-0.2, -0.15) is 0 Å². The average Bonchev–Trinajstić information content (AvgIpc) is 2.72. The molecule has 0 aliphatic carbocycles. The van der Waals surface area contributed by atoms with Gasteiger partial charge in [-0.25, -0.2) is 9.59 Å². The van der Waals surface area contributed by atoms with Crippen LogP contribution < -0.4 is 15.0 Å². The molecule has 2 rings (SSSR count). The van der Waals surface area contributed by atoms with Gasteiger partial charge in [0.1, 0.15) is 18.2 Å². The summed E-state index contributed by atoms with van der Waals surface area (Å²) in [7, 11) is 3.91. The molecule has 1 aromatic carbocycles. The number of nitrogens with one attached hydrogen (secondary N) is 1. The molecule has 0 bridgehead atoms. The fourth-order valence-corrected chi connectivity index (χ4v) is 2.54. The predicted octanol–water partition coefficient (Wildman–Crippen LogP) is 1.44. The first-order valence-corrected chi connectivity index (χ1v) is 8.19. The molecule has 27 heavy (non-hydrogen) atoms. The Morgan fingerprint density at radius 2 is 1.85 bits per heavy atom.